The molecule has 0 aromatic heterocycles. The fourth-order valence-corrected chi connectivity index (χ4v) is 4.86. The summed E-state index contributed by atoms with van der Waals surface area (Å²) in [4.78, 5) is 27.6. The topological polar surface area (TPSA) is 67.9 Å². The summed E-state index contributed by atoms with van der Waals surface area (Å²) in [6.07, 6.45) is -0.277. The molecule has 0 radical (unpaired) electrons. The van der Waals surface area contributed by atoms with Gasteiger partial charge in [0.2, 0.25) is 5.91 Å². The quantitative estimate of drug-likeness (QED) is 0.300. The lowest BCUT2D eigenvalue weighted by Crippen LogP contribution is -2.44. The summed E-state index contributed by atoms with van der Waals surface area (Å²) in [5.41, 5.74) is 1.79. The number of benzene rings is 3. The van der Waals surface area contributed by atoms with E-state index in [9.17, 15) is 9.59 Å². The van der Waals surface area contributed by atoms with E-state index >= 15 is 0 Å². The molecular formula is C31H42N2O4Si. The number of carbonyl (C=O) groups is 2. The highest BCUT2D eigenvalue weighted by Gasteiger charge is 2.37. The Morgan fingerprint density at radius 1 is 0.868 bits per heavy atom. The van der Waals surface area contributed by atoms with Crippen LogP contribution in [0, 0.1) is 0 Å². The van der Waals surface area contributed by atoms with Crippen molar-refractivity contribution >= 4 is 42.5 Å². The van der Waals surface area contributed by atoms with Crippen LogP contribution in [-0.2, 0) is 20.4 Å². The maximum absolute atomic E-state index is 13.7. The van der Waals surface area contributed by atoms with Crippen LogP contribution in [0.2, 0.25) is 18.1 Å². The summed E-state index contributed by atoms with van der Waals surface area (Å²) < 4.78 is 11.8. The Bertz CT molecular complexity index is 1250. The van der Waals surface area contributed by atoms with Gasteiger partial charge in [-0.2, -0.15) is 0 Å². The highest BCUT2D eigenvalue weighted by Crippen LogP contribution is 2.36. The molecule has 3 aromatic carbocycles. The molecule has 0 spiro atoms. The summed E-state index contributed by atoms with van der Waals surface area (Å²) in [5, 5.41) is 4.95. The van der Waals surface area contributed by atoms with Crippen molar-refractivity contribution in [1.29, 1.82) is 0 Å². The average molecular weight is 535 g/mol. The van der Waals surface area contributed by atoms with Gasteiger partial charge in [-0.05, 0) is 68.1 Å². The van der Waals surface area contributed by atoms with Crippen molar-refractivity contribution < 1.29 is 18.8 Å². The van der Waals surface area contributed by atoms with Crippen LogP contribution >= 0.6 is 0 Å². The van der Waals surface area contributed by atoms with Crippen molar-refractivity contribution in [2.24, 2.45) is 0 Å². The van der Waals surface area contributed by atoms with Crippen LogP contribution in [0.3, 0.4) is 0 Å². The van der Waals surface area contributed by atoms with Gasteiger partial charge in [0.15, 0.2) is 8.32 Å². The van der Waals surface area contributed by atoms with Gasteiger partial charge in [0.05, 0.1) is 18.7 Å². The maximum Gasteiger partial charge on any atom is 0.412 e. The Hall–Kier alpha value is -3.16. The van der Waals surface area contributed by atoms with Crippen LogP contribution in [0.25, 0.3) is 10.8 Å². The average Bonchev–Trinajstić information content (AvgIpc) is 2.81. The molecule has 0 aliphatic carbocycles. The lowest BCUT2D eigenvalue weighted by molar-refractivity contribution is -0.118. The van der Waals surface area contributed by atoms with E-state index in [1.807, 2.05) is 62.1 Å². The molecule has 0 aliphatic heterocycles. The monoisotopic (exact) mass is 534 g/mol. The van der Waals surface area contributed by atoms with E-state index in [4.69, 9.17) is 9.16 Å². The number of anilines is 2. The van der Waals surface area contributed by atoms with Gasteiger partial charge < -0.3 is 14.1 Å². The molecular weight excluding hydrogens is 492 g/mol. The highest BCUT2D eigenvalue weighted by atomic mass is 28.4. The van der Waals surface area contributed by atoms with Gasteiger partial charge in [-0.15, -0.1) is 0 Å². The number of ether oxygens (including phenoxy) is 1. The minimum atomic E-state index is -1.95. The van der Waals surface area contributed by atoms with E-state index < -0.39 is 20.0 Å². The van der Waals surface area contributed by atoms with E-state index in [0.717, 1.165) is 22.0 Å². The third kappa shape index (κ3) is 7.92. The number of hydrogen-bond donors (Lipinski definition) is 1. The number of amides is 2. The third-order valence-electron chi connectivity index (χ3n) is 6.90. The highest BCUT2D eigenvalue weighted by molar-refractivity contribution is 6.74. The van der Waals surface area contributed by atoms with Gasteiger partial charge in [0.1, 0.15) is 5.60 Å². The van der Waals surface area contributed by atoms with Gasteiger partial charge in [0.25, 0.3) is 0 Å². The van der Waals surface area contributed by atoms with Gasteiger partial charge in [0, 0.05) is 17.6 Å². The predicted octanol–water partition coefficient (Wildman–Crippen LogP) is 7.78. The molecule has 3 rings (SSSR count). The number of hydrogen-bond acceptors (Lipinski definition) is 4. The van der Waals surface area contributed by atoms with Crippen molar-refractivity contribution in [2.45, 2.75) is 71.7 Å². The molecule has 0 aliphatic rings. The molecule has 2 amide bonds. The van der Waals surface area contributed by atoms with Gasteiger partial charge in [-0.1, -0.05) is 69.3 Å². The van der Waals surface area contributed by atoms with Crippen LogP contribution in [-0.4, -0.2) is 39.1 Å². The Morgan fingerprint density at radius 3 is 2.13 bits per heavy atom. The van der Waals surface area contributed by atoms with Gasteiger partial charge in [-0.3, -0.25) is 10.1 Å². The summed E-state index contributed by atoms with van der Waals surface area (Å²) in [7, 11) is -1.95. The smallest absolute Gasteiger partial charge is 0.412 e. The molecule has 6 nitrogen and oxygen atoms in total. The molecule has 204 valence electrons. The number of carbonyl (C=O) groups excluding carboxylic acids is 2. The molecule has 0 saturated carbocycles. The van der Waals surface area contributed by atoms with Crippen LogP contribution in [0.15, 0.2) is 66.7 Å². The molecule has 0 fully saturated rings. The molecule has 38 heavy (non-hydrogen) atoms. The number of rotatable bonds is 8. The van der Waals surface area contributed by atoms with Crippen molar-refractivity contribution in [3.8, 4) is 0 Å². The molecule has 0 bridgehead atoms. The van der Waals surface area contributed by atoms with Crippen LogP contribution < -0.4 is 10.2 Å². The predicted molar refractivity (Wildman–Crippen MR) is 159 cm³/mol. The fraction of sp³-hybridized carbons (Fsp3) is 0.419. The SMILES string of the molecule is CC(C)(C)OC(=O)Nc1ccc(CC(=O)N(CCO[Si](C)(C)C(C)(C)C)c2cccc3ccccc23)cc1. The largest absolute Gasteiger partial charge is 0.444 e. The number of fused-ring (bicyclic) bond motifs is 1. The summed E-state index contributed by atoms with van der Waals surface area (Å²) >= 11 is 0. The molecule has 0 heterocycles. The first kappa shape index (κ1) is 29.4. The van der Waals surface area contributed by atoms with Crippen molar-refractivity contribution in [1.82, 2.24) is 0 Å². The first-order chi connectivity index (χ1) is 17.7. The molecule has 3 aromatic rings. The molecule has 7 heteroatoms. The lowest BCUT2D eigenvalue weighted by atomic mass is 10.1. The van der Waals surface area contributed by atoms with Gasteiger partial charge >= 0.3 is 6.09 Å². The first-order valence-electron chi connectivity index (χ1n) is 13.2. The maximum atomic E-state index is 13.7. The zero-order valence-electron chi connectivity index (χ0n) is 24.1. The van der Waals surface area contributed by atoms with E-state index in [-0.39, 0.29) is 17.4 Å². The second kappa shape index (κ2) is 11.7. The third-order valence-corrected chi connectivity index (χ3v) is 11.4. The zero-order chi connectivity index (χ0) is 28.1. The summed E-state index contributed by atoms with van der Waals surface area (Å²) in [5.74, 6) is -0.00645. The first-order valence-corrected chi connectivity index (χ1v) is 16.1. The number of nitrogens with one attached hydrogen (secondary N) is 1. The van der Waals surface area contributed by atoms with E-state index in [0.29, 0.717) is 18.8 Å². The Morgan fingerprint density at radius 2 is 1.50 bits per heavy atom. The Balaban J connectivity index is 1.79. The van der Waals surface area contributed by atoms with Gasteiger partial charge in [-0.25, -0.2) is 4.79 Å². The van der Waals surface area contributed by atoms with Crippen LogP contribution in [0.4, 0.5) is 16.2 Å². The Labute approximate surface area is 228 Å². The molecule has 0 atom stereocenters. The second-order valence-electron chi connectivity index (χ2n) is 12.2. The van der Waals surface area contributed by atoms with E-state index in [2.05, 4.69) is 57.4 Å². The standard InChI is InChI=1S/C31H42N2O4Si/c1-30(2,3)37-29(35)32-25-18-16-23(17-19-25)22-28(34)33(20-21-36-38(7,8)31(4,5)6)27-15-11-13-24-12-9-10-14-26(24)27/h9-19H,20-22H2,1-8H3,(H,32,35). The molecule has 0 unspecified atom stereocenters. The van der Waals surface area contributed by atoms with Crippen LogP contribution in [0.1, 0.15) is 47.1 Å². The van der Waals surface area contributed by atoms with Crippen LogP contribution in [0.5, 0.6) is 0 Å². The fourth-order valence-electron chi connectivity index (χ4n) is 3.83. The Kier molecular flexibility index (Phi) is 9.05. The van der Waals surface area contributed by atoms with Crippen molar-refractivity contribution in [2.75, 3.05) is 23.4 Å². The zero-order valence-corrected chi connectivity index (χ0v) is 25.1. The van der Waals surface area contributed by atoms with Crippen molar-refractivity contribution in [3.05, 3.63) is 72.3 Å². The molecule has 0 saturated heterocycles. The second-order valence-corrected chi connectivity index (χ2v) is 17.0. The normalized spacial score (nSPS) is 12.3. The molecule has 1 N–H and O–H groups in total. The lowest BCUT2D eigenvalue weighted by Gasteiger charge is -2.37. The van der Waals surface area contributed by atoms with E-state index in [1.54, 1.807) is 12.1 Å². The van der Waals surface area contributed by atoms with E-state index in [1.165, 1.54) is 0 Å². The summed E-state index contributed by atoms with van der Waals surface area (Å²) in [6.45, 7) is 17.5. The minimum Gasteiger partial charge on any atom is -0.444 e. The summed E-state index contributed by atoms with van der Waals surface area (Å²) in [6, 6.07) is 21.5. The van der Waals surface area contributed by atoms with Crippen molar-refractivity contribution in [3.63, 3.8) is 0 Å². The minimum absolute atomic E-state index is 0.00645. The number of nitrogens with zero attached hydrogens (tertiary/aromatic N) is 1.